The van der Waals surface area contributed by atoms with Gasteiger partial charge in [0.2, 0.25) is 0 Å². The molecule has 116 valence electrons. The van der Waals surface area contributed by atoms with Crippen molar-refractivity contribution in [3.8, 4) is 5.75 Å². The first-order valence-corrected chi connectivity index (χ1v) is 8.36. The van der Waals surface area contributed by atoms with Gasteiger partial charge in [0.05, 0.1) is 6.10 Å². The summed E-state index contributed by atoms with van der Waals surface area (Å²) in [5, 5.41) is 3.82. The Bertz CT molecular complexity index is 463. The molecule has 21 heavy (non-hydrogen) atoms. The molecule has 1 saturated carbocycles. The van der Waals surface area contributed by atoms with E-state index in [0.717, 1.165) is 18.8 Å². The van der Waals surface area contributed by atoms with Gasteiger partial charge in [0.1, 0.15) is 5.75 Å². The monoisotopic (exact) mass is 288 g/mol. The van der Waals surface area contributed by atoms with Crippen molar-refractivity contribution in [1.82, 2.24) is 5.32 Å². The smallest absolute Gasteiger partial charge is 0.119 e. The van der Waals surface area contributed by atoms with Gasteiger partial charge in [-0.15, -0.1) is 0 Å². The minimum absolute atomic E-state index is 0.232. The zero-order valence-electron chi connectivity index (χ0n) is 13.6. The van der Waals surface area contributed by atoms with Crippen LogP contribution in [0.25, 0.3) is 0 Å². The van der Waals surface area contributed by atoms with Gasteiger partial charge in [-0.25, -0.2) is 0 Å². The molecule has 1 spiro atoms. The fourth-order valence-electron chi connectivity index (χ4n) is 3.73. The minimum Gasteiger partial charge on any atom is -0.491 e. The van der Waals surface area contributed by atoms with E-state index in [1.807, 2.05) is 0 Å². The summed E-state index contributed by atoms with van der Waals surface area (Å²) in [6.07, 6.45) is 5.62. The lowest BCUT2D eigenvalue weighted by atomic mass is 9.92. The summed E-state index contributed by atoms with van der Waals surface area (Å²) in [4.78, 5) is 2.57. The lowest BCUT2D eigenvalue weighted by Gasteiger charge is -2.46. The highest BCUT2D eigenvalue weighted by Gasteiger charge is 2.39. The standard InChI is InChI=1S/C18H28N2O/c1-14(2)21-17-8-6-16(7-9-17)20-13-18(10-4-5-11-18)19-12-15(20)3/h6-9,14-15,19H,4-5,10-13H2,1-3H3. The fraction of sp³-hybridized carbons (Fsp3) is 0.667. The number of anilines is 1. The fourth-order valence-corrected chi connectivity index (χ4v) is 3.73. The van der Waals surface area contributed by atoms with E-state index in [2.05, 4.69) is 55.3 Å². The second kappa shape index (κ2) is 5.88. The maximum absolute atomic E-state index is 5.75. The molecule has 1 aromatic carbocycles. The maximum Gasteiger partial charge on any atom is 0.119 e. The number of piperazine rings is 1. The molecule has 1 aliphatic carbocycles. The quantitative estimate of drug-likeness (QED) is 0.920. The summed E-state index contributed by atoms with van der Waals surface area (Å²) in [6, 6.07) is 9.18. The largest absolute Gasteiger partial charge is 0.491 e. The minimum atomic E-state index is 0.232. The lowest BCUT2D eigenvalue weighted by molar-refractivity contribution is 0.242. The van der Waals surface area contributed by atoms with Gasteiger partial charge >= 0.3 is 0 Å². The first kappa shape index (κ1) is 14.7. The summed E-state index contributed by atoms with van der Waals surface area (Å²) in [7, 11) is 0. The Balaban J connectivity index is 1.74. The molecule has 1 heterocycles. The third-order valence-electron chi connectivity index (χ3n) is 4.88. The van der Waals surface area contributed by atoms with E-state index in [1.165, 1.54) is 31.4 Å². The Morgan fingerprint density at radius 2 is 1.86 bits per heavy atom. The van der Waals surface area contributed by atoms with E-state index in [9.17, 15) is 0 Å². The Hall–Kier alpha value is -1.22. The van der Waals surface area contributed by atoms with Gasteiger partial charge in [-0.2, -0.15) is 0 Å². The van der Waals surface area contributed by atoms with Crippen LogP contribution in [0.5, 0.6) is 5.75 Å². The predicted molar refractivity (Wildman–Crippen MR) is 88.2 cm³/mol. The van der Waals surface area contributed by atoms with Crippen molar-refractivity contribution < 1.29 is 4.74 Å². The third-order valence-corrected chi connectivity index (χ3v) is 4.88. The van der Waals surface area contributed by atoms with Gasteiger partial charge in [-0.05, 0) is 57.9 Å². The Morgan fingerprint density at radius 3 is 2.48 bits per heavy atom. The summed E-state index contributed by atoms with van der Waals surface area (Å²) >= 11 is 0. The summed E-state index contributed by atoms with van der Waals surface area (Å²) in [6.45, 7) is 8.67. The number of nitrogens with zero attached hydrogens (tertiary/aromatic N) is 1. The Kier molecular flexibility index (Phi) is 4.12. The van der Waals surface area contributed by atoms with Crippen LogP contribution < -0.4 is 15.0 Å². The first-order chi connectivity index (χ1) is 10.1. The van der Waals surface area contributed by atoms with Crippen LogP contribution in [-0.2, 0) is 0 Å². The van der Waals surface area contributed by atoms with Crippen molar-refractivity contribution in [3.63, 3.8) is 0 Å². The highest BCUT2D eigenvalue weighted by Crippen LogP contribution is 2.35. The molecule has 1 N–H and O–H groups in total. The summed E-state index contributed by atoms with van der Waals surface area (Å²) in [5.41, 5.74) is 1.69. The number of benzene rings is 1. The molecule has 0 bridgehead atoms. The molecule has 0 aromatic heterocycles. The first-order valence-electron chi connectivity index (χ1n) is 8.36. The molecule has 0 radical (unpaired) electrons. The average Bonchev–Trinajstić information content (AvgIpc) is 2.91. The van der Waals surface area contributed by atoms with E-state index in [4.69, 9.17) is 4.74 Å². The van der Waals surface area contributed by atoms with Crippen LogP contribution in [0.4, 0.5) is 5.69 Å². The molecule has 1 saturated heterocycles. The zero-order chi connectivity index (χ0) is 14.9. The number of ether oxygens (including phenoxy) is 1. The highest BCUT2D eigenvalue weighted by molar-refractivity contribution is 5.51. The van der Waals surface area contributed by atoms with Crippen LogP contribution in [0.1, 0.15) is 46.5 Å². The Morgan fingerprint density at radius 1 is 1.19 bits per heavy atom. The molecule has 1 aromatic rings. The molecule has 3 rings (SSSR count). The normalized spacial score (nSPS) is 24.8. The van der Waals surface area contributed by atoms with Gasteiger partial charge < -0.3 is 15.0 Å². The molecule has 0 amide bonds. The van der Waals surface area contributed by atoms with E-state index in [-0.39, 0.29) is 6.10 Å². The zero-order valence-corrected chi connectivity index (χ0v) is 13.6. The van der Waals surface area contributed by atoms with Crippen molar-refractivity contribution in [3.05, 3.63) is 24.3 Å². The van der Waals surface area contributed by atoms with Crippen LogP contribution in [-0.4, -0.2) is 30.8 Å². The molecular formula is C18H28N2O. The van der Waals surface area contributed by atoms with Crippen molar-refractivity contribution in [2.75, 3.05) is 18.0 Å². The SMILES string of the molecule is CC(C)Oc1ccc(N2CC3(CCCC3)NCC2C)cc1. The molecular weight excluding hydrogens is 260 g/mol. The summed E-state index contributed by atoms with van der Waals surface area (Å²) < 4.78 is 5.75. The number of hydrogen-bond donors (Lipinski definition) is 1. The van der Waals surface area contributed by atoms with Crippen LogP contribution in [0.3, 0.4) is 0 Å². The topological polar surface area (TPSA) is 24.5 Å². The van der Waals surface area contributed by atoms with Gasteiger partial charge in [0.25, 0.3) is 0 Å². The van der Waals surface area contributed by atoms with Crippen LogP contribution in [0.2, 0.25) is 0 Å². The Labute approximate surface area is 128 Å². The van der Waals surface area contributed by atoms with Gasteiger partial charge in [0, 0.05) is 30.4 Å². The third kappa shape index (κ3) is 3.18. The molecule has 1 unspecified atom stereocenters. The molecule has 3 nitrogen and oxygen atoms in total. The van der Waals surface area contributed by atoms with E-state index in [1.54, 1.807) is 0 Å². The molecule has 1 aliphatic heterocycles. The van der Waals surface area contributed by atoms with Crippen LogP contribution in [0, 0.1) is 0 Å². The molecule has 2 fully saturated rings. The van der Waals surface area contributed by atoms with Gasteiger partial charge in [0.15, 0.2) is 0 Å². The van der Waals surface area contributed by atoms with Crippen molar-refractivity contribution in [2.45, 2.75) is 64.1 Å². The summed E-state index contributed by atoms with van der Waals surface area (Å²) in [5.74, 6) is 0.965. The van der Waals surface area contributed by atoms with E-state index < -0.39 is 0 Å². The predicted octanol–water partition coefficient (Wildman–Crippen LogP) is 3.58. The maximum atomic E-state index is 5.75. The van der Waals surface area contributed by atoms with Crippen LogP contribution >= 0.6 is 0 Å². The second-order valence-electron chi connectivity index (χ2n) is 7.01. The highest BCUT2D eigenvalue weighted by atomic mass is 16.5. The number of rotatable bonds is 3. The molecule has 1 atom stereocenters. The van der Waals surface area contributed by atoms with Crippen LogP contribution in [0.15, 0.2) is 24.3 Å². The number of nitrogens with one attached hydrogen (secondary N) is 1. The average molecular weight is 288 g/mol. The number of hydrogen-bond acceptors (Lipinski definition) is 3. The van der Waals surface area contributed by atoms with Crippen molar-refractivity contribution in [1.29, 1.82) is 0 Å². The van der Waals surface area contributed by atoms with Gasteiger partial charge in [-0.1, -0.05) is 12.8 Å². The molecule has 3 heteroatoms. The van der Waals surface area contributed by atoms with E-state index >= 15 is 0 Å². The van der Waals surface area contributed by atoms with Gasteiger partial charge in [-0.3, -0.25) is 0 Å². The van der Waals surface area contributed by atoms with Crippen molar-refractivity contribution >= 4 is 5.69 Å². The van der Waals surface area contributed by atoms with E-state index in [0.29, 0.717) is 11.6 Å². The second-order valence-corrected chi connectivity index (χ2v) is 7.01. The van der Waals surface area contributed by atoms with Crippen molar-refractivity contribution in [2.24, 2.45) is 0 Å². The molecule has 2 aliphatic rings. The lowest BCUT2D eigenvalue weighted by Crippen LogP contribution is -2.62.